The zero-order valence-corrected chi connectivity index (χ0v) is 21.6. The fraction of sp³-hybridized carbons (Fsp3) is 0.556. The van der Waals surface area contributed by atoms with Gasteiger partial charge in [-0.05, 0) is 62.7 Å². The highest BCUT2D eigenvalue weighted by atomic mass is 28.4. The van der Waals surface area contributed by atoms with Gasteiger partial charge in [0.05, 0.1) is 0 Å². The van der Waals surface area contributed by atoms with Gasteiger partial charge >= 0.3 is 0 Å². The van der Waals surface area contributed by atoms with Crippen LogP contribution in [0.3, 0.4) is 0 Å². The first-order valence-electron chi connectivity index (χ1n) is 10.9. The van der Waals surface area contributed by atoms with Crippen molar-refractivity contribution in [3.05, 3.63) is 71.4 Å². The van der Waals surface area contributed by atoms with Gasteiger partial charge < -0.3 is 4.43 Å². The quantitative estimate of drug-likeness (QED) is 0.300. The Kier molecular flexibility index (Phi) is 8.92. The van der Waals surface area contributed by atoms with E-state index in [4.69, 9.17) is 4.43 Å². The molecule has 0 spiro atoms. The zero-order chi connectivity index (χ0) is 22.5. The van der Waals surface area contributed by atoms with Crippen molar-refractivity contribution in [3.8, 4) is 0 Å². The lowest BCUT2D eigenvalue weighted by Gasteiger charge is -2.44. The maximum absolute atomic E-state index is 6.77. The first-order chi connectivity index (χ1) is 13.2. The molecule has 2 heteroatoms. The molecule has 0 aliphatic heterocycles. The standard InChI is InChI=1S/C27H44OSi/c1-12-14-21(2)15-13-16-22(3)17-18-25-23(4)19-24(20-27(25,8)9)28-29(10,11)26(5,6)7/h12-18,24H,1,19-20H2,2-11H3/b15-13+,18-17+,21-14+,22-16+/t24-/m1/s1. The van der Waals surface area contributed by atoms with Gasteiger partial charge in [-0.25, -0.2) is 0 Å². The van der Waals surface area contributed by atoms with Crippen molar-refractivity contribution in [2.75, 3.05) is 0 Å². The van der Waals surface area contributed by atoms with Gasteiger partial charge in [0.25, 0.3) is 0 Å². The van der Waals surface area contributed by atoms with Crippen LogP contribution in [0.2, 0.25) is 18.1 Å². The second-order valence-electron chi connectivity index (χ2n) is 10.7. The fourth-order valence-electron chi connectivity index (χ4n) is 3.69. The molecule has 1 atom stereocenters. The van der Waals surface area contributed by atoms with Crippen molar-refractivity contribution in [3.63, 3.8) is 0 Å². The van der Waals surface area contributed by atoms with Crippen LogP contribution in [0.1, 0.15) is 68.2 Å². The van der Waals surface area contributed by atoms with E-state index in [9.17, 15) is 0 Å². The molecule has 0 aromatic rings. The van der Waals surface area contributed by atoms with Crippen LogP contribution in [0.15, 0.2) is 71.4 Å². The summed E-state index contributed by atoms with van der Waals surface area (Å²) < 4.78 is 6.77. The molecule has 0 aromatic heterocycles. The van der Waals surface area contributed by atoms with E-state index in [0.717, 1.165) is 12.8 Å². The third-order valence-electron chi connectivity index (χ3n) is 6.34. The van der Waals surface area contributed by atoms with Crippen molar-refractivity contribution >= 4 is 8.32 Å². The third kappa shape index (κ3) is 7.75. The highest BCUT2D eigenvalue weighted by molar-refractivity contribution is 6.74. The van der Waals surface area contributed by atoms with Crippen molar-refractivity contribution in [2.45, 2.75) is 92.5 Å². The zero-order valence-electron chi connectivity index (χ0n) is 20.6. The van der Waals surface area contributed by atoms with Gasteiger partial charge in [-0.15, -0.1) is 0 Å². The van der Waals surface area contributed by atoms with E-state index in [-0.39, 0.29) is 10.5 Å². The van der Waals surface area contributed by atoms with Crippen molar-refractivity contribution in [1.29, 1.82) is 0 Å². The second-order valence-corrected chi connectivity index (χ2v) is 15.5. The lowest BCUT2D eigenvalue weighted by atomic mass is 9.71. The Morgan fingerprint density at radius 1 is 1.10 bits per heavy atom. The summed E-state index contributed by atoms with van der Waals surface area (Å²) in [5.74, 6) is 0. The summed E-state index contributed by atoms with van der Waals surface area (Å²) in [6.07, 6.45) is 17.2. The van der Waals surface area contributed by atoms with Crippen molar-refractivity contribution < 1.29 is 4.43 Å². The molecule has 1 aliphatic carbocycles. The minimum atomic E-state index is -1.74. The Morgan fingerprint density at radius 3 is 2.21 bits per heavy atom. The van der Waals surface area contributed by atoms with Crippen LogP contribution in [0.25, 0.3) is 0 Å². The fourth-order valence-corrected chi connectivity index (χ4v) is 5.04. The van der Waals surface area contributed by atoms with Crippen LogP contribution < -0.4 is 0 Å². The van der Waals surface area contributed by atoms with Gasteiger partial charge in [-0.2, -0.15) is 0 Å². The SMILES string of the molecule is C=C/C=C(C)/C=C/C=C(C)/C=C/C1=C(C)C[C@@H](O[Si](C)(C)C(C)(C)C)CC1(C)C. The van der Waals surface area contributed by atoms with Crippen LogP contribution in [-0.2, 0) is 4.43 Å². The summed E-state index contributed by atoms with van der Waals surface area (Å²) in [6.45, 7) is 26.7. The molecule has 1 nitrogen and oxygen atoms in total. The largest absolute Gasteiger partial charge is 0.414 e. The molecule has 0 fully saturated rings. The maximum atomic E-state index is 6.77. The average Bonchev–Trinajstić information content (AvgIpc) is 2.51. The van der Waals surface area contributed by atoms with Crippen LogP contribution in [0, 0.1) is 5.41 Å². The highest BCUT2D eigenvalue weighted by Crippen LogP contribution is 2.45. The lowest BCUT2D eigenvalue weighted by Crippen LogP contribution is -2.46. The molecule has 0 aromatic carbocycles. The molecular formula is C27H44OSi. The third-order valence-corrected chi connectivity index (χ3v) is 10.9. The first-order valence-corrected chi connectivity index (χ1v) is 13.8. The first kappa shape index (κ1) is 25.7. The van der Waals surface area contributed by atoms with E-state index in [1.807, 2.05) is 12.2 Å². The van der Waals surface area contributed by atoms with E-state index in [1.165, 1.54) is 22.3 Å². The Bertz CT molecular complexity index is 733. The number of allylic oxidation sites excluding steroid dienone is 10. The van der Waals surface area contributed by atoms with Crippen LogP contribution in [0.4, 0.5) is 0 Å². The topological polar surface area (TPSA) is 9.23 Å². The van der Waals surface area contributed by atoms with Crippen LogP contribution in [0.5, 0.6) is 0 Å². The summed E-state index contributed by atoms with van der Waals surface area (Å²) in [5.41, 5.74) is 5.52. The van der Waals surface area contributed by atoms with E-state index < -0.39 is 8.32 Å². The molecule has 0 unspecified atom stereocenters. The molecule has 0 N–H and O–H groups in total. The smallest absolute Gasteiger partial charge is 0.192 e. The molecule has 0 saturated carbocycles. The molecule has 0 saturated heterocycles. The average molecular weight is 413 g/mol. The van der Waals surface area contributed by atoms with Crippen LogP contribution in [-0.4, -0.2) is 14.4 Å². The van der Waals surface area contributed by atoms with E-state index >= 15 is 0 Å². The molecule has 0 amide bonds. The highest BCUT2D eigenvalue weighted by Gasteiger charge is 2.42. The summed E-state index contributed by atoms with van der Waals surface area (Å²) in [6, 6.07) is 0. The predicted octanol–water partition coefficient (Wildman–Crippen LogP) is 8.70. The molecule has 1 rings (SSSR count). The molecule has 1 aliphatic rings. The summed E-state index contributed by atoms with van der Waals surface area (Å²) >= 11 is 0. The normalized spacial score (nSPS) is 22.1. The minimum Gasteiger partial charge on any atom is -0.414 e. The van der Waals surface area contributed by atoms with E-state index in [0.29, 0.717) is 6.10 Å². The number of rotatable bonds is 7. The Morgan fingerprint density at radius 2 is 1.69 bits per heavy atom. The molecule has 0 radical (unpaired) electrons. The lowest BCUT2D eigenvalue weighted by molar-refractivity contribution is 0.124. The van der Waals surface area contributed by atoms with E-state index in [2.05, 4.69) is 105 Å². The van der Waals surface area contributed by atoms with Crippen molar-refractivity contribution in [1.82, 2.24) is 0 Å². The maximum Gasteiger partial charge on any atom is 0.192 e. The molecular weight excluding hydrogens is 368 g/mol. The van der Waals surface area contributed by atoms with Gasteiger partial charge in [0.1, 0.15) is 0 Å². The Balaban J connectivity index is 2.96. The van der Waals surface area contributed by atoms with Crippen LogP contribution >= 0.6 is 0 Å². The van der Waals surface area contributed by atoms with Crippen molar-refractivity contribution in [2.24, 2.45) is 5.41 Å². The Labute approximate surface area is 182 Å². The molecule has 162 valence electrons. The summed E-state index contributed by atoms with van der Waals surface area (Å²) in [7, 11) is -1.74. The van der Waals surface area contributed by atoms with Gasteiger partial charge in [-0.3, -0.25) is 0 Å². The van der Waals surface area contributed by atoms with Gasteiger partial charge in [0, 0.05) is 6.10 Å². The second kappa shape index (κ2) is 10.1. The number of hydrogen-bond donors (Lipinski definition) is 0. The summed E-state index contributed by atoms with van der Waals surface area (Å²) in [5, 5.41) is 0.254. The van der Waals surface area contributed by atoms with Gasteiger partial charge in [0.2, 0.25) is 0 Å². The molecule has 0 heterocycles. The monoisotopic (exact) mass is 412 g/mol. The number of hydrogen-bond acceptors (Lipinski definition) is 1. The van der Waals surface area contributed by atoms with E-state index in [1.54, 1.807) is 0 Å². The summed E-state index contributed by atoms with van der Waals surface area (Å²) in [4.78, 5) is 0. The van der Waals surface area contributed by atoms with Gasteiger partial charge in [-0.1, -0.05) is 100 Å². The molecule has 29 heavy (non-hydrogen) atoms. The Hall–Kier alpha value is -1.38. The predicted molar refractivity (Wildman–Crippen MR) is 134 cm³/mol. The molecule has 0 bridgehead atoms. The van der Waals surface area contributed by atoms with Gasteiger partial charge in [0.15, 0.2) is 8.32 Å². The minimum absolute atomic E-state index is 0.130.